The third-order valence-corrected chi connectivity index (χ3v) is 6.85. The Bertz CT molecular complexity index is 572. The van der Waals surface area contributed by atoms with Crippen molar-refractivity contribution in [3.63, 3.8) is 0 Å². The van der Waals surface area contributed by atoms with Crippen molar-refractivity contribution < 1.29 is 22.3 Å². The van der Waals surface area contributed by atoms with Crippen LogP contribution in [0.3, 0.4) is 0 Å². The van der Waals surface area contributed by atoms with Crippen LogP contribution >= 0.6 is 0 Å². The first-order chi connectivity index (χ1) is 16.4. The molecule has 204 valence electrons. The van der Waals surface area contributed by atoms with Crippen molar-refractivity contribution in [3.8, 4) is 0 Å². The minimum absolute atomic E-state index is 0.0289. The number of hydrogen-bond acceptors (Lipinski definition) is 6. The van der Waals surface area contributed by atoms with Crippen molar-refractivity contribution in [2.45, 2.75) is 117 Å². The molecule has 1 unspecified atom stereocenters. The molecule has 1 atom stereocenters. The van der Waals surface area contributed by atoms with Gasteiger partial charge in [-0.25, -0.2) is 4.18 Å². The molecule has 1 fully saturated rings. The van der Waals surface area contributed by atoms with E-state index in [-0.39, 0.29) is 13.2 Å². The van der Waals surface area contributed by atoms with Crippen molar-refractivity contribution in [3.05, 3.63) is 12.2 Å². The van der Waals surface area contributed by atoms with Gasteiger partial charge in [0.15, 0.2) is 0 Å². The van der Waals surface area contributed by atoms with Crippen molar-refractivity contribution in [2.24, 2.45) is 0 Å². The maximum atomic E-state index is 9.56. The van der Waals surface area contributed by atoms with Crippen molar-refractivity contribution in [2.75, 3.05) is 39.4 Å². The first-order valence-corrected chi connectivity index (χ1v) is 15.1. The average molecular weight is 507 g/mol. The van der Waals surface area contributed by atoms with Crippen LogP contribution in [0.2, 0.25) is 0 Å². The SMILES string of the molecule is CCCCCCCCCCCCCCC=CCC1N(CC)CCN1CCO.CCOS(=O)(=O)O. The van der Waals surface area contributed by atoms with Gasteiger partial charge in [0.25, 0.3) is 0 Å². The fourth-order valence-corrected chi connectivity index (χ4v) is 4.73. The van der Waals surface area contributed by atoms with Crippen LogP contribution in [0.25, 0.3) is 0 Å². The lowest BCUT2D eigenvalue weighted by Crippen LogP contribution is -2.39. The largest absolute Gasteiger partial charge is 0.397 e. The summed E-state index contributed by atoms with van der Waals surface area (Å²) in [5.41, 5.74) is 0. The van der Waals surface area contributed by atoms with E-state index in [1.54, 1.807) is 0 Å². The summed E-state index contributed by atoms with van der Waals surface area (Å²) in [6, 6.07) is 0. The summed E-state index contributed by atoms with van der Waals surface area (Å²) in [4.78, 5) is 4.96. The normalized spacial score (nSPS) is 17.4. The second-order valence-corrected chi connectivity index (χ2v) is 10.2. The van der Waals surface area contributed by atoms with Gasteiger partial charge < -0.3 is 5.11 Å². The number of likely N-dealkylation sites (N-methyl/N-ethyl adjacent to an activating group) is 1. The molecule has 2 N–H and O–H groups in total. The highest BCUT2D eigenvalue weighted by Crippen LogP contribution is 2.18. The van der Waals surface area contributed by atoms with Crippen LogP contribution in [0.15, 0.2) is 12.2 Å². The van der Waals surface area contributed by atoms with Gasteiger partial charge >= 0.3 is 10.4 Å². The quantitative estimate of drug-likeness (QED) is 0.122. The highest BCUT2D eigenvalue weighted by atomic mass is 32.3. The second-order valence-electron chi connectivity index (χ2n) is 9.09. The van der Waals surface area contributed by atoms with Gasteiger partial charge in [-0.15, -0.1) is 0 Å². The Morgan fingerprint density at radius 2 is 1.35 bits per heavy atom. The zero-order chi connectivity index (χ0) is 25.5. The Labute approximate surface area is 210 Å². The summed E-state index contributed by atoms with van der Waals surface area (Å²) in [5, 5.41) is 9.23. The lowest BCUT2D eigenvalue weighted by Gasteiger charge is -2.28. The lowest BCUT2D eigenvalue weighted by molar-refractivity contribution is 0.120. The van der Waals surface area contributed by atoms with Gasteiger partial charge in [-0.2, -0.15) is 8.42 Å². The average Bonchev–Trinajstić information content (AvgIpc) is 3.18. The first-order valence-electron chi connectivity index (χ1n) is 13.7. The predicted molar refractivity (Wildman–Crippen MR) is 142 cm³/mol. The number of allylic oxidation sites excluding steroid dienone is 1. The predicted octanol–water partition coefficient (Wildman–Crippen LogP) is 5.81. The highest BCUT2D eigenvalue weighted by molar-refractivity contribution is 7.80. The molecule has 0 saturated carbocycles. The molecule has 1 saturated heterocycles. The van der Waals surface area contributed by atoms with Gasteiger partial charge in [0.2, 0.25) is 0 Å². The Morgan fingerprint density at radius 1 is 0.824 bits per heavy atom. The van der Waals surface area contributed by atoms with E-state index in [9.17, 15) is 13.5 Å². The fourth-order valence-electron chi connectivity index (χ4n) is 4.43. The van der Waals surface area contributed by atoms with Gasteiger partial charge in [0.05, 0.1) is 19.4 Å². The topological polar surface area (TPSA) is 90.3 Å². The number of hydrogen-bond donors (Lipinski definition) is 2. The van der Waals surface area contributed by atoms with E-state index in [2.05, 4.69) is 40.0 Å². The minimum Gasteiger partial charge on any atom is -0.395 e. The maximum Gasteiger partial charge on any atom is 0.397 e. The van der Waals surface area contributed by atoms with E-state index >= 15 is 0 Å². The molecule has 1 heterocycles. The molecular weight excluding hydrogens is 452 g/mol. The van der Waals surface area contributed by atoms with Crippen molar-refractivity contribution >= 4 is 10.4 Å². The van der Waals surface area contributed by atoms with Crippen LogP contribution in [-0.2, 0) is 14.6 Å². The van der Waals surface area contributed by atoms with Gasteiger partial charge in [0, 0.05) is 19.6 Å². The van der Waals surface area contributed by atoms with Crippen LogP contribution in [0.4, 0.5) is 0 Å². The molecule has 8 heteroatoms. The van der Waals surface area contributed by atoms with Crippen LogP contribution in [0, 0.1) is 0 Å². The van der Waals surface area contributed by atoms with Gasteiger partial charge in [-0.3, -0.25) is 14.4 Å². The van der Waals surface area contributed by atoms with Crippen LogP contribution in [-0.4, -0.2) is 73.4 Å². The molecule has 0 aromatic heterocycles. The molecule has 0 aromatic carbocycles. The number of aliphatic hydroxyl groups excluding tert-OH is 1. The Kier molecular flexibility index (Phi) is 22.6. The van der Waals surface area contributed by atoms with Crippen LogP contribution in [0.5, 0.6) is 0 Å². The summed E-state index contributed by atoms with van der Waals surface area (Å²) in [7, 11) is -4.17. The number of unbranched alkanes of at least 4 members (excludes halogenated alkanes) is 12. The Balaban J connectivity index is 0.00000135. The van der Waals surface area contributed by atoms with Crippen LogP contribution < -0.4 is 0 Å². The maximum absolute atomic E-state index is 9.56. The molecule has 0 amide bonds. The summed E-state index contributed by atoms with van der Waals surface area (Å²) in [6.45, 7) is 10.4. The molecule has 1 aliphatic rings. The molecule has 7 nitrogen and oxygen atoms in total. The molecule has 0 spiro atoms. The molecule has 0 aliphatic carbocycles. The zero-order valence-electron chi connectivity index (χ0n) is 22.3. The molecule has 0 aromatic rings. The fraction of sp³-hybridized carbons (Fsp3) is 0.923. The molecule has 0 radical (unpaired) electrons. The third-order valence-electron chi connectivity index (χ3n) is 6.32. The van der Waals surface area contributed by atoms with Gasteiger partial charge in [0.1, 0.15) is 0 Å². The molecule has 1 rings (SSSR count). The van der Waals surface area contributed by atoms with Gasteiger partial charge in [-0.1, -0.05) is 96.6 Å². The Hall–Kier alpha value is -0.510. The minimum atomic E-state index is -4.17. The second kappa shape index (κ2) is 22.9. The summed E-state index contributed by atoms with van der Waals surface area (Å²) in [5.74, 6) is 0. The summed E-state index contributed by atoms with van der Waals surface area (Å²) in [6.07, 6.45) is 24.7. The van der Waals surface area contributed by atoms with Crippen molar-refractivity contribution in [1.82, 2.24) is 9.80 Å². The zero-order valence-corrected chi connectivity index (χ0v) is 23.1. The van der Waals surface area contributed by atoms with E-state index in [1.165, 1.54) is 90.4 Å². The van der Waals surface area contributed by atoms with E-state index in [1.807, 2.05) is 0 Å². The van der Waals surface area contributed by atoms with E-state index < -0.39 is 10.4 Å². The van der Waals surface area contributed by atoms with Crippen LogP contribution in [0.1, 0.15) is 111 Å². The molecule has 34 heavy (non-hydrogen) atoms. The monoisotopic (exact) mass is 506 g/mol. The first kappa shape index (κ1) is 33.5. The van der Waals surface area contributed by atoms with E-state index in [0.717, 1.165) is 32.6 Å². The molecule has 1 aliphatic heterocycles. The number of rotatable bonds is 20. The summed E-state index contributed by atoms with van der Waals surface area (Å²) < 4.78 is 30.7. The highest BCUT2D eigenvalue weighted by Gasteiger charge is 2.28. The Morgan fingerprint density at radius 3 is 1.79 bits per heavy atom. The van der Waals surface area contributed by atoms with Gasteiger partial charge in [-0.05, 0) is 32.7 Å². The molecular formula is C26H54N2O5S. The standard InChI is InChI=1S/C24H48N2O.C2H6O4S/c1-3-5-6-7-8-9-10-11-12-13-14-15-16-17-18-19-24-25(4-2)20-21-26(24)22-23-27;1-2-6-7(3,4)5/h17-18,24,27H,3-16,19-23H2,1-2H3;2H2,1H3,(H,3,4,5). The number of aliphatic hydroxyl groups is 1. The smallest absolute Gasteiger partial charge is 0.395 e. The number of nitrogens with zero attached hydrogens (tertiary/aromatic N) is 2. The third kappa shape index (κ3) is 19.8. The number of β-amino-alcohol motifs (C(OH)–C–C–N with tert-alkyl or cyclic N) is 1. The van der Waals surface area contributed by atoms with E-state index in [4.69, 9.17) is 4.55 Å². The molecule has 0 bridgehead atoms. The lowest BCUT2D eigenvalue weighted by atomic mass is 10.0. The van der Waals surface area contributed by atoms with Crippen molar-refractivity contribution in [1.29, 1.82) is 0 Å². The summed E-state index contributed by atoms with van der Waals surface area (Å²) >= 11 is 0. The van der Waals surface area contributed by atoms with E-state index in [0.29, 0.717) is 6.17 Å².